The first-order chi connectivity index (χ1) is 15.6. The number of aromatic nitrogens is 4. The SMILES string of the molecule is O[C@@H]1[C@H](O)[C@@H](CNC2CCCC2)O[C@H]1n1cnc2c(NCc3cccc(Cl)c3)ncnc21. The maximum atomic E-state index is 10.7. The van der Waals surface area contributed by atoms with Crippen molar-refractivity contribution < 1.29 is 14.9 Å². The van der Waals surface area contributed by atoms with E-state index < -0.39 is 24.5 Å². The highest BCUT2D eigenvalue weighted by Crippen LogP contribution is 2.32. The quantitative estimate of drug-likeness (QED) is 0.426. The van der Waals surface area contributed by atoms with Gasteiger partial charge in [0.25, 0.3) is 0 Å². The van der Waals surface area contributed by atoms with Gasteiger partial charge >= 0.3 is 0 Å². The van der Waals surface area contributed by atoms with Crippen molar-refractivity contribution in [3.63, 3.8) is 0 Å². The zero-order valence-electron chi connectivity index (χ0n) is 17.6. The molecule has 10 heteroatoms. The standard InChI is InChI=1S/C22H27ClN6O3/c23-14-5-3-4-13(8-14)9-25-20-17-21(27-11-26-20)29(12-28-17)22-19(31)18(30)16(32-22)10-24-15-6-1-2-7-15/h3-5,8,11-12,15-16,18-19,22,24,30-31H,1-2,6-7,9-10H2,(H,25,26,27)/t16-,18-,19-,22-/m1/s1. The van der Waals surface area contributed by atoms with Crippen LogP contribution < -0.4 is 10.6 Å². The van der Waals surface area contributed by atoms with Gasteiger partial charge in [0.05, 0.1) is 6.33 Å². The minimum absolute atomic E-state index is 0.455. The van der Waals surface area contributed by atoms with Crippen molar-refractivity contribution in [2.45, 2.75) is 62.8 Å². The van der Waals surface area contributed by atoms with E-state index in [1.807, 2.05) is 24.3 Å². The van der Waals surface area contributed by atoms with Gasteiger partial charge in [-0.1, -0.05) is 36.6 Å². The van der Waals surface area contributed by atoms with Crippen molar-refractivity contribution in [3.8, 4) is 0 Å². The average Bonchev–Trinajstić information content (AvgIpc) is 3.52. The Morgan fingerprint density at radius 3 is 2.78 bits per heavy atom. The number of rotatable bonds is 7. The molecule has 2 aromatic heterocycles. The molecule has 170 valence electrons. The summed E-state index contributed by atoms with van der Waals surface area (Å²) in [6, 6.07) is 8.03. The molecule has 1 saturated carbocycles. The highest BCUT2D eigenvalue weighted by atomic mass is 35.5. The minimum Gasteiger partial charge on any atom is -0.387 e. The summed E-state index contributed by atoms with van der Waals surface area (Å²) in [7, 11) is 0. The first-order valence-electron chi connectivity index (χ1n) is 11.0. The highest BCUT2D eigenvalue weighted by Gasteiger charge is 2.44. The molecule has 9 nitrogen and oxygen atoms in total. The van der Waals surface area contributed by atoms with Gasteiger partial charge in [-0.2, -0.15) is 0 Å². The van der Waals surface area contributed by atoms with E-state index in [1.165, 1.54) is 19.2 Å². The summed E-state index contributed by atoms with van der Waals surface area (Å²) in [5.41, 5.74) is 2.10. The van der Waals surface area contributed by atoms with Crippen LogP contribution in [0.25, 0.3) is 11.2 Å². The van der Waals surface area contributed by atoms with Crippen molar-refractivity contribution in [3.05, 3.63) is 47.5 Å². The van der Waals surface area contributed by atoms with E-state index in [4.69, 9.17) is 16.3 Å². The summed E-state index contributed by atoms with van der Waals surface area (Å²) in [6.45, 7) is 1.02. The van der Waals surface area contributed by atoms with Crippen LogP contribution in [0, 0.1) is 0 Å². The van der Waals surface area contributed by atoms with E-state index in [9.17, 15) is 10.2 Å². The number of nitrogens with one attached hydrogen (secondary N) is 2. The molecule has 3 heterocycles. The molecule has 0 amide bonds. The second-order valence-electron chi connectivity index (χ2n) is 8.47. The zero-order valence-corrected chi connectivity index (χ0v) is 18.3. The second kappa shape index (κ2) is 9.29. The number of imidazole rings is 1. The maximum Gasteiger partial charge on any atom is 0.167 e. The lowest BCUT2D eigenvalue weighted by molar-refractivity contribution is -0.0347. The van der Waals surface area contributed by atoms with Crippen LogP contribution in [-0.2, 0) is 11.3 Å². The van der Waals surface area contributed by atoms with Gasteiger partial charge in [-0.25, -0.2) is 15.0 Å². The largest absolute Gasteiger partial charge is 0.387 e. The number of ether oxygens (including phenoxy) is 1. The van der Waals surface area contributed by atoms with E-state index in [0.29, 0.717) is 41.1 Å². The summed E-state index contributed by atoms with van der Waals surface area (Å²) >= 11 is 6.06. The first-order valence-corrected chi connectivity index (χ1v) is 11.4. The molecule has 5 rings (SSSR count). The van der Waals surface area contributed by atoms with Crippen molar-refractivity contribution in [1.29, 1.82) is 0 Å². The summed E-state index contributed by atoms with van der Waals surface area (Å²) in [5, 5.41) is 28.6. The van der Waals surface area contributed by atoms with Crippen molar-refractivity contribution in [2.24, 2.45) is 0 Å². The summed E-state index contributed by atoms with van der Waals surface area (Å²) in [4.78, 5) is 13.1. The number of fused-ring (bicyclic) bond motifs is 1. The number of hydrogen-bond donors (Lipinski definition) is 4. The van der Waals surface area contributed by atoms with E-state index in [2.05, 4.69) is 25.6 Å². The molecule has 1 aliphatic heterocycles. The Balaban J connectivity index is 1.31. The molecule has 2 aliphatic rings. The highest BCUT2D eigenvalue weighted by molar-refractivity contribution is 6.30. The molecule has 32 heavy (non-hydrogen) atoms. The Morgan fingerprint density at radius 1 is 1.12 bits per heavy atom. The third-order valence-corrected chi connectivity index (χ3v) is 6.52. The Hall–Kier alpha value is -2.30. The fourth-order valence-electron chi connectivity index (χ4n) is 4.54. The van der Waals surface area contributed by atoms with E-state index >= 15 is 0 Å². The van der Waals surface area contributed by atoms with Crippen molar-refractivity contribution in [2.75, 3.05) is 11.9 Å². The number of halogens is 1. The minimum atomic E-state index is -1.08. The van der Waals surface area contributed by atoms with E-state index in [-0.39, 0.29) is 0 Å². The molecular formula is C22H27ClN6O3. The van der Waals surface area contributed by atoms with Crippen LogP contribution in [0.2, 0.25) is 5.02 Å². The lowest BCUT2D eigenvalue weighted by Crippen LogP contribution is -2.40. The molecule has 3 aromatic rings. The molecule has 0 spiro atoms. The molecule has 0 radical (unpaired) electrons. The number of aliphatic hydroxyl groups excluding tert-OH is 2. The van der Waals surface area contributed by atoms with E-state index in [1.54, 1.807) is 10.9 Å². The smallest absolute Gasteiger partial charge is 0.167 e. The fraction of sp³-hybridized carbons (Fsp3) is 0.500. The fourth-order valence-corrected chi connectivity index (χ4v) is 4.75. The van der Waals surface area contributed by atoms with Gasteiger partial charge in [0, 0.05) is 24.2 Å². The summed E-state index contributed by atoms with van der Waals surface area (Å²) in [5.74, 6) is 0.571. The topological polar surface area (TPSA) is 117 Å². The average molecular weight is 459 g/mol. The number of nitrogens with zero attached hydrogens (tertiary/aromatic N) is 4. The first kappa shape index (κ1) is 21.5. The zero-order chi connectivity index (χ0) is 22.1. The van der Waals surface area contributed by atoms with E-state index in [0.717, 1.165) is 18.4 Å². The van der Waals surface area contributed by atoms with Gasteiger partial charge in [-0.15, -0.1) is 0 Å². The Bertz CT molecular complexity index is 1070. The third kappa shape index (κ3) is 4.31. The summed E-state index contributed by atoms with van der Waals surface area (Å²) < 4.78 is 7.70. The van der Waals surface area contributed by atoms with Crippen LogP contribution in [0.5, 0.6) is 0 Å². The summed E-state index contributed by atoms with van der Waals surface area (Å²) in [6.07, 6.45) is 4.39. The van der Waals surface area contributed by atoms with Crippen LogP contribution >= 0.6 is 11.6 Å². The van der Waals surface area contributed by atoms with Crippen LogP contribution in [0.1, 0.15) is 37.5 Å². The number of aliphatic hydroxyl groups is 2. The van der Waals surface area contributed by atoms with Gasteiger partial charge in [-0.05, 0) is 30.5 Å². The Kier molecular flexibility index (Phi) is 6.25. The molecule has 1 aromatic carbocycles. The number of anilines is 1. The molecule has 0 unspecified atom stereocenters. The molecule has 2 fully saturated rings. The Labute approximate surface area is 190 Å². The van der Waals surface area contributed by atoms with Crippen LogP contribution in [0.4, 0.5) is 5.82 Å². The number of benzene rings is 1. The van der Waals surface area contributed by atoms with Gasteiger partial charge in [-0.3, -0.25) is 4.57 Å². The van der Waals surface area contributed by atoms with Crippen LogP contribution in [0.15, 0.2) is 36.9 Å². The molecule has 1 saturated heterocycles. The van der Waals surface area contributed by atoms with Gasteiger partial charge in [0.1, 0.15) is 24.6 Å². The van der Waals surface area contributed by atoms with Crippen molar-refractivity contribution >= 4 is 28.6 Å². The maximum absolute atomic E-state index is 10.7. The predicted molar refractivity (Wildman–Crippen MR) is 120 cm³/mol. The predicted octanol–water partition coefficient (Wildman–Crippen LogP) is 2.24. The molecule has 0 bridgehead atoms. The lowest BCUT2D eigenvalue weighted by Gasteiger charge is -2.18. The van der Waals surface area contributed by atoms with Gasteiger partial charge in [0.15, 0.2) is 23.2 Å². The molecule has 1 aliphatic carbocycles. The number of hydrogen-bond acceptors (Lipinski definition) is 8. The Morgan fingerprint density at radius 2 is 1.97 bits per heavy atom. The molecule has 4 atom stereocenters. The third-order valence-electron chi connectivity index (χ3n) is 6.28. The normalized spacial score (nSPS) is 26.2. The lowest BCUT2D eigenvalue weighted by atomic mass is 10.1. The molecule has 4 N–H and O–H groups in total. The van der Waals surface area contributed by atoms with Gasteiger partial charge in [0.2, 0.25) is 0 Å². The monoisotopic (exact) mass is 458 g/mol. The molecular weight excluding hydrogens is 432 g/mol. The van der Waals surface area contributed by atoms with Gasteiger partial charge < -0.3 is 25.6 Å². The van der Waals surface area contributed by atoms with Crippen LogP contribution in [0.3, 0.4) is 0 Å². The van der Waals surface area contributed by atoms with Crippen molar-refractivity contribution in [1.82, 2.24) is 24.8 Å². The second-order valence-corrected chi connectivity index (χ2v) is 8.90. The van der Waals surface area contributed by atoms with Crippen LogP contribution in [-0.4, -0.2) is 60.6 Å².